The van der Waals surface area contributed by atoms with Gasteiger partial charge in [0.1, 0.15) is 5.82 Å². The Bertz CT molecular complexity index is 641. The van der Waals surface area contributed by atoms with Crippen LogP contribution in [0.25, 0.3) is 0 Å². The summed E-state index contributed by atoms with van der Waals surface area (Å²) in [6.07, 6.45) is 0.0213. The van der Waals surface area contributed by atoms with Gasteiger partial charge in [-0.3, -0.25) is 4.79 Å². The van der Waals surface area contributed by atoms with E-state index in [0.29, 0.717) is 21.3 Å². The summed E-state index contributed by atoms with van der Waals surface area (Å²) in [6.45, 7) is 0. The van der Waals surface area contributed by atoms with Crippen LogP contribution < -0.4 is 5.32 Å². The van der Waals surface area contributed by atoms with E-state index in [9.17, 15) is 9.18 Å². The van der Waals surface area contributed by atoms with E-state index in [-0.39, 0.29) is 17.4 Å². The van der Waals surface area contributed by atoms with Gasteiger partial charge in [-0.05, 0) is 35.9 Å². The molecule has 2 aromatic carbocycles. The highest BCUT2D eigenvalue weighted by atomic mass is 35.5. The molecule has 0 radical (unpaired) electrons. The summed E-state index contributed by atoms with van der Waals surface area (Å²) in [5, 5.41) is 3.39. The number of carbonyl (C=O) groups is 1. The van der Waals surface area contributed by atoms with Gasteiger partial charge in [0.2, 0.25) is 5.91 Å². The molecule has 104 valence electrons. The van der Waals surface area contributed by atoms with Crippen LogP contribution in [0.1, 0.15) is 5.56 Å². The van der Waals surface area contributed by atoms with Crippen molar-refractivity contribution in [2.75, 3.05) is 5.32 Å². The van der Waals surface area contributed by atoms with E-state index in [4.69, 9.17) is 34.8 Å². The molecule has 0 aliphatic rings. The fourth-order valence-electron chi connectivity index (χ4n) is 1.64. The van der Waals surface area contributed by atoms with Crippen LogP contribution in [0.3, 0.4) is 0 Å². The summed E-state index contributed by atoms with van der Waals surface area (Å²) in [7, 11) is 0. The van der Waals surface area contributed by atoms with Gasteiger partial charge in [0.05, 0.1) is 11.4 Å². The number of carbonyl (C=O) groups excluding carboxylic acids is 1. The fraction of sp³-hybridized carbons (Fsp3) is 0.0714. The quantitative estimate of drug-likeness (QED) is 0.845. The van der Waals surface area contributed by atoms with Crippen LogP contribution in [0.2, 0.25) is 15.1 Å². The molecule has 2 aromatic rings. The van der Waals surface area contributed by atoms with Crippen LogP contribution in [0.4, 0.5) is 10.1 Å². The number of halogens is 4. The molecule has 0 aromatic heterocycles. The van der Waals surface area contributed by atoms with Crippen LogP contribution in [-0.2, 0) is 11.2 Å². The molecule has 0 saturated carbocycles. The molecule has 0 spiro atoms. The summed E-state index contributed by atoms with van der Waals surface area (Å²) >= 11 is 17.6. The van der Waals surface area contributed by atoms with E-state index in [1.165, 1.54) is 18.2 Å². The van der Waals surface area contributed by atoms with Gasteiger partial charge in [0.25, 0.3) is 0 Å². The first-order valence-corrected chi connectivity index (χ1v) is 6.78. The van der Waals surface area contributed by atoms with Gasteiger partial charge in [0.15, 0.2) is 0 Å². The highest BCUT2D eigenvalue weighted by Crippen LogP contribution is 2.25. The zero-order valence-electron chi connectivity index (χ0n) is 10.1. The third-order valence-electron chi connectivity index (χ3n) is 2.60. The van der Waals surface area contributed by atoms with Crippen LogP contribution in [0.5, 0.6) is 0 Å². The van der Waals surface area contributed by atoms with Crippen molar-refractivity contribution in [1.29, 1.82) is 0 Å². The van der Waals surface area contributed by atoms with Gasteiger partial charge >= 0.3 is 0 Å². The van der Waals surface area contributed by atoms with Crippen molar-refractivity contribution in [1.82, 2.24) is 0 Å². The Morgan fingerprint density at radius 3 is 2.30 bits per heavy atom. The molecule has 0 unspecified atom stereocenters. The SMILES string of the molecule is O=C(Cc1c(Cl)cccc1Cl)Nc1ccc(F)c(Cl)c1. The van der Waals surface area contributed by atoms with Crippen molar-refractivity contribution in [3.05, 3.63) is 62.8 Å². The second-order valence-electron chi connectivity index (χ2n) is 4.05. The predicted molar refractivity (Wildman–Crippen MR) is 80.2 cm³/mol. The Morgan fingerprint density at radius 1 is 1.05 bits per heavy atom. The third-order valence-corrected chi connectivity index (χ3v) is 3.60. The molecule has 2 rings (SSSR count). The summed E-state index contributed by atoms with van der Waals surface area (Å²) in [5.41, 5.74) is 0.950. The molecule has 6 heteroatoms. The average molecular weight is 333 g/mol. The Balaban J connectivity index is 2.11. The van der Waals surface area contributed by atoms with Gasteiger partial charge in [-0.25, -0.2) is 4.39 Å². The number of hydrogen-bond acceptors (Lipinski definition) is 1. The molecule has 0 bridgehead atoms. The maximum atomic E-state index is 13.0. The van der Waals surface area contributed by atoms with Crippen molar-refractivity contribution in [2.24, 2.45) is 0 Å². The second kappa shape index (κ2) is 6.44. The Hall–Kier alpha value is -1.29. The minimum Gasteiger partial charge on any atom is -0.326 e. The number of benzene rings is 2. The first-order chi connectivity index (χ1) is 9.47. The summed E-state index contributed by atoms with van der Waals surface area (Å²) in [6, 6.07) is 8.96. The lowest BCUT2D eigenvalue weighted by molar-refractivity contribution is -0.115. The lowest BCUT2D eigenvalue weighted by atomic mass is 10.1. The lowest BCUT2D eigenvalue weighted by Crippen LogP contribution is -2.15. The van der Waals surface area contributed by atoms with Crippen LogP contribution in [0.15, 0.2) is 36.4 Å². The highest BCUT2D eigenvalue weighted by Gasteiger charge is 2.11. The summed E-state index contributed by atoms with van der Waals surface area (Å²) in [5.74, 6) is -0.860. The van der Waals surface area contributed by atoms with E-state index >= 15 is 0 Å². The molecule has 0 atom stereocenters. The van der Waals surface area contributed by atoms with Crippen molar-refractivity contribution < 1.29 is 9.18 Å². The fourth-order valence-corrected chi connectivity index (χ4v) is 2.35. The standard InChI is InChI=1S/C14H9Cl3FNO/c15-10-2-1-3-11(16)9(10)7-14(20)19-8-4-5-13(18)12(17)6-8/h1-6H,7H2,(H,19,20). The predicted octanol–water partition coefficient (Wildman–Crippen LogP) is 4.97. The smallest absolute Gasteiger partial charge is 0.228 e. The number of anilines is 1. The summed E-state index contributed by atoms with van der Waals surface area (Å²) in [4.78, 5) is 11.9. The van der Waals surface area contributed by atoms with Gasteiger partial charge in [0, 0.05) is 15.7 Å². The largest absolute Gasteiger partial charge is 0.326 e. The van der Waals surface area contributed by atoms with E-state index in [1.54, 1.807) is 18.2 Å². The summed E-state index contributed by atoms with van der Waals surface area (Å²) < 4.78 is 13.0. The van der Waals surface area contributed by atoms with Crippen molar-refractivity contribution >= 4 is 46.4 Å². The van der Waals surface area contributed by atoms with Crippen molar-refractivity contribution in [2.45, 2.75) is 6.42 Å². The highest BCUT2D eigenvalue weighted by molar-refractivity contribution is 6.36. The van der Waals surface area contributed by atoms with E-state index in [1.807, 2.05) is 0 Å². The van der Waals surface area contributed by atoms with Gasteiger partial charge in [-0.1, -0.05) is 40.9 Å². The lowest BCUT2D eigenvalue weighted by Gasteiger charge is -2.08. The Morgan fingerprint density at radius 2 is 1.70 bits per heavy atom. The Kier molecular flexibility index (Phi) is 4.86. The maximum Gasteiger partial charge on any atom is 0.228 e. The molecule has 0 heterocycles. The maximum absolute atomic E-state index is 13.0. The molecular weight excluding hydrogens is 324 g/mol. The first-order valence-electron chi connectivity index (χ1n) is 5.65. The molecule has 1 N–H and O–H groups in total. The van der Waals surface area contributed by atoms with Crippen molar-refractivity contribution in [3.8, 4) is 0 Å². The van der Waals surface area contributed by atoms with Gasteiger partial charge < -0.3 is 5.32 Å². The van der Waals surface area contributed by atoms with Crippen LogP contribution >= 0.6 is 34.8 Å². The number of nitrogens with one attached hydrogen (secondary N) is 1. The minimum atomic E-state index is -0.543. The van der Waals surface area contributed by atoms with E-state index < -0.39 is 5.82 Å². The third kappa shape index (κ3) is 3.63. The molecule has 2 nitrogen and oxygen atoms in total. The molecule has 0 aliphatic carbocycles. The monoisotopic (exact) mass is 331 g/mol. The first kappa shape index (κ1) is 15.1. The van der Waals surface area contributed by atoms with Gasteiger partial charge in [-0.15, -0.1) is 0 Å². The van der Waals surface area contributed by atoms with Crippen molar-refractivity contribution in [3.63, 3.8) is 0 Å². The van der Waals surface area contributed by atoms with Gasteiger partial charge in [-0.2, -0.15) is 0 Å². The van der Waals surface area contributed by atoms with E-state index in [0.717, 1.165) is 0 Å². The number of hydrogen-bond donors (Lipinski definition) is 1. The van der Waals surface area contributed by atoms with E-state index in [2.05, 4.69) is 5.32 Å². The molecule has 0 aliphatic heterocycles. The zero-order valence-corrected chi connectivity index (χ0v) is 12.4. The Labute approximate surface area is 130 Å². The normalized spacial score (nSPS) is 10.4. The zero-order chi connectivity index (χ0) is 14.7. The number of amides is 1. The second-order valence-corrected chi connectivity index (χ2v) is 5.28. The molecule has 0 saturated heterocycles. The molecule has 0 fully saturated rings. The molecular formula is C14H9Cl3FNO. The topological polar surface area (TPSA) is 29.1 Å². The van der Waals surface area contributed by atoms with Crippen LogP contribution in [0, 0.1) is 5.82 Å². The number of rotatable bonds is 3. The molecule has 20 heavy (non-hydrogen) atoms. The average Bonchev–Trinajstić information content (AvgIpc) is 2.38. The molecule has 1 amide bonds. The van der Waals surface area contributed by atoms with Crippen LogP contribution in [-0.4, -0.2) is 5.91 Å². The minimum absolute atomic E-state index is 0.0213.